The van der Waals surface area contributed by atoms with E-state index in [1.54, 1.807) is 19.3 Å². The van der Waals surface area contributed by atoms with E-state index in [-0.39, 0.29) is 17.1 Å². The Morgan fingerprint density at radius 1 is 1.27 bits per heavy atom. The molecule has 1 aromatic heterocycles. The minimum Gasteiger partial charge on any atom is -0.399 e. The molecule has 26 heavy (non-hydrogen) atoms. The molecule has 142 valence electrons. The highest BCUT2D eigenvalue weighted by Crippen LogP contribution is 2.36. The van der Waals surface area contributed by atoms with E-state index in [1.165, 1.54) is 0 Å². The second-order valence-corrected chi connectivity index (χ2v) is 8.28. The number of aromatic nitrogens is 2. The second-order valence-electron chi connectivity index (χ2n) is 8.28. The maximum absolute atomic E-state index is 11.5. The van der Waals surface area contributed by atoms with Crippen molar-refractivity contribution < 1.29 is 14.1 Å². The first-order chi connectivity index (χ1) is 12.2. The van der Waals surface area contributed by atoms with Gasteiger partial charge in [0.25, 0.3) is 0 Å². The third-order valence-corrected chi connectivity index (χ3v) is 5.71. The maximum Gasteiger partial charge on any atom is 0.498 e. The molecular formula is C18H29BN4O3. The summed E-state index contributed by atoms with van der Waals surface area (Å²) in [5.74, 6) is 1.17. The minimum atomic E-state index is -0.448. The molecular weight excluding hydrogens is 331 g/mol. The highest BCUT2D eigenvalue weighted by molar-refractivity contribution is 6.61. The monoisotopic (exact) mass is 360 g/mol. The number of likely N-dealkylation sites (tertiary alicyclic amines) is 1. The molecule has 0 bridgehead atoms. The first kappa shape index (κ1) is 19.1. The Labute approximate surface area is 156 Å². The number of rotatable bonds is 4. The number of hydrogen-bond donors (Lipinski definition) is 1. The van der Waals surface area contributed by atoms with E-state index in [0.29, 0.717) is 11.9 Å². The van der Waals surface area contributed by atoms with Crippen molar-refractivity contribution in [1.82, 2.24) is 14.9 Å². The van der Waals surface area contributed by atoms with Crippen molar-refractivity contribution in [2.45, 2.75) is 58.7 Å². The van der Waals surface area contributed by atoms with E-state index in [0.717, 1.165) is 37.9 Å². The van der Waals surface area contributed by atoms with Gasteiger partial charge >= 0.3 is 7.12 Å². The van der Waals surface area contributed by atoms with Crippen LogP contribution in [0, 0.1) is 5.92 Å². The average molecular weight is 360 g/mol. The Morgan fingerprint density at radius 2 is 1.88 bits per heavy atom. The van der Waals surface area contributed by atoms with Crippen LogP contribution in [0.1, 0.15) is 47.5 Å². The lowest BCUT2D eigenvalue weighted by molar-refractivity contribution is -0.130. The molecule has 3 heterocycles. The molecule has 1 aromatic rings. The summed E-state index contributed by atoms with van der Waals surface area (Å²) < 4.78 is 12.0. The number of carbonyl (C=O) groups excluding carboxylic acids is 1. The topological polar surface area (TPSA) is 76.6 Å². The first-order valence-electron chi connectivity index (χ1n) is 9.35. The fourth-order valence-corrected chi connectivity index (χ4v) is 3.28. The van der Waals surface area contributed by atoms with Gasteiger partial charge in [-0.15, -0.1) is 0 Å². The Bertz CT molecular complexity index is 634. The van der Waals surface area contributed by atoms with Crippen molar-refractivity contribution in [2.24, 2.45) is 5.92 Å². The van der Waals surface area contributed by atoms with Gasteiger partial charge in [0.05, 0.1) is 11.2 Å². The van der Waals surface area contributed by atoms with Crippen LogP contribution in [0.4, 0.5) is 5.95 Å². The van der Waals surface area contributed by atoms with E-state index in [9.17, 15) is 4.79 Å². The predicted octanol–water partition coefficient (Wildman–Crippen LogP) is 1.45. The summed E-state index contributed by atoms with van der Waals surface area (Å²) in [6.45, 7) is 12.2. The molecule has 3 rings (SSSR count). The fourth-order valence-electron chi connectivity index (χ4n) is 3.28. The van der Waals surface area contributed by atoms with Gasteiger partial charge in [-0.3, -0.25) is 4.79 Å². The molecule has 8 heteroatoms. The molecule has 1 amide bonds. The van der Waals surface area contributed by atoms with Crippen molar-refractivity contribution in [1.29, 1.82) is 0 Å². The van der Waals surface area contributed by atoms with Crippen LogP contribution in [0.5, 0.6) is 0 Å². The quantitative estimate of drug-likeness (QED) is 0.819. The van der Waals surface area contributed by atoms with Crippen LogP contribution in [-0.2, 0) is 14.1 Å². The zero-order valence-electron chi connectivity index (χ0n) is 16.4. The lowest BCUT2D eigenvalue weighted by Gasteiger charge is -2.32. The molecule has 2 aliphatic rings. The lowest BCUT2D eigenvalue weighted by Crippen LogP contribution is -2.41. The number of carbonyl (C=O) groups is 1. The number of anilines is 1. The van der Waals surface area contributed by atoms with Gasteiger partial charge < -0.3 is 19.5 Å². The van der Waals surface area contributed by atoms with E-state index < -0.39 is 7.12 Å². The van der Waals surface area contributed by atoms with Gasteiger partial charge in [-0.05, 0) is 46.5 Å². The van der Waals surface area contributed by atoms with Crippen molar-refractivity contribution >= 4 is 24.4 Å². The molecule has 0 radical (unpaired) electrons. The average Bonchev–Trinajstić information content (AvgIpc) is 2.81. The van der Waals surface area contributed by atoms with Gasteiger partial charge in [0, 0.05) is 44.4 Å². The zero-order chi connectivity index (χ0) is 18.9. The van der Waals surface area contributed by atoms with Crippen LogP contribution in [-0.4, -0.2) is 58.7 Å². The number of hydrogen-bond acceptors (Lipinski definition) is 6. The van der Waals surface area contributed by atoms with Crippen LogP contribution < -0.4 is 10.8 Å². The largest absolute Gasteiger partial charge is 0.498 e. The molecule has 0 aromatic carbocycles. The van der Waals surface area contributed by atoms with Gasteiger partial charge in [0.1, 0.15) is 0 Å². The smallest absolute Gasteiger partial charge is 0.399 e. The van der Waals surface area contributed by atoms with Crippen molar-refractivity contribution in [3.05, 3.63) is 12.4 Å². The van der Waals surface area contributed by atoms with Crippen molar-refractivity contribution in [2.75, 3.05) is 25.0 Å². The fraction of sp³-hybridized carbons (Fsp3) is 0.722. The van der Waals surface area contributed by atoms with Crippen LogP contribution in [0.3, 0.4) is 0 Å². The summed E-state index contributed by atoms with van der Waals surface area (Å²) in [7, 11) is -0.448. The molecule has 0 aliphatic carbocycles. The minimum absolute atomic E-state index is 0.151. The molecule has 2 aliphatic heterocycles. The summed E-state index contributed by atoms with van der Waals surface area (Å²) >= 11 is 0. The Morgan fingerprint density at radius 3 is 2.46 bits per heavy atom. The van der Waals surface area contributed by atoms with Gasteiger partial charge in [-0.25, -0.2) is 9.97 Å². The molecule has 2 saturated heterocycles. The Balaban J connectivity index is 1.55. The summed E-state index contributed by atoms with van der Waals surface area (Å²) in [6, 6.07) is 0. The molecule has 2 fully saturated rings. The van der Waals surface area contributed by atoms with Gasteiger partial charge in [0.2, 0.25) is 11.9 Å². The molecule has 0 spiro atoms. The highest BCUT2D eigenvalue weighted by atomic mass is 16.7. The SMILES string of the molecule is CC(=O)N1CCCC(CNc2ncc(B3OC(C)(C)C(C)(C)O3)cn2)C1. The van der Waals surface area contributed by atoms with Gasteiger partial charge in [0.15, 0.2) is 0 Å². The van der Waals surface area contributed by atoms with Crippen LogP contribution >= 0.6 is 0 Å². The maximum atomic E-state index is 11.5. The Hall–Kier alpha value is -1.67. The third-order valence-electron chi connectivity index (χ3n) is 5.71. The van der Waals surface area contributed by atoms with E-state index in [2.05, 4.69) is 15.3 Å². The van der Waals surface area contributed by atoms with E-state index >= 15 is 0 Å². The molecule has 1 N–H and O–H groups in total. The van der Waals surface area contributed by atoms with Gasteiger partial charge in [-0.2, -0.15) is 0 Å². The number of piperidine rings is 1. The van der Waals surface area contributed by atoms with E-state index in [4.69, 9.17) is 9.31 Å². The third kappa shape index (κ3) is 4.01. The van der Waals surface area contributed by atoms with Gasteiger partial charge in [-0.1, -0.05) is 0 Å². The molecule has 1 unspecified atom stereocenters. The lowest BCUT2D eigenvalue weighted by atomic mass is 9.81. The second kappa shape index (κ2) is 7.16. The van der Waals surface area contributed by atoms with Crippen molar-refractivity contribution in [3.63, 3.8) is 0 Å². The first-order valence-corrected chi connectivity index (χ1v) is 9.35. The summed E-state index contributed by atoms with van der Waals surface area (Å²) in [6.07, 6.45) is 5.66. The standard InChI is InChI=1S/C18H29BN4O3/c1-13(24)23-8-6-7-14(12-23)9-20-16-21-10-15(11-22-16)19-25-17(2,3)18(4,5)26-19/h10-11,14H,6-9,12H2,1-5H3,(H,20,21,22). The summed E-state index contributed by atoms with van der Waals surface area (Å²) in [5.41, 5.74) is 0.0608. The normalized spacial score (nSPS) is 24.6. The number of amides is 1. The molecule has 7 nitrogen and oxygen atoms in total. The summed E-state index contributed by atoms with van der Waals surface area (Å²) in [5, 5.41) is 3.28. The molecule has 1 atom stereocenters. The van der Waals surface area contributed by atoms with Crippen molar-refractivity contribution in [3.8, 4) is 0 Å². The van der Waals surface area contributed by atoms with Crippen LogP contribution in [0.15, 0.2) is 12.4 Å². The van der Waals surface area contributed by atoms with Crippen LogP contribution in [0.2, 0.25) is 0 Å². The highest BCUT2D eigenvalue weighted by Gasteiger charge is 2.51. The molecule has 0 saturated carbocycles. The predicted molar refractivity (Wildman–Crippen MR) is 101 cm³/mol. The zero-order valence-corrected chi connectivity index (χ0v) is 16.4. The van der Waals surface area contributed by atoms with E-state index in [1.807, 2.05) is 32.6 Å². The number of nitrogens with zero attached hydrogens (tertiary/aromatic N) is 3. The number of nitrogens with one attached hydrogen (secondary N) is 1. The Kier molecular flexibility index (Phi) is 5.26. The van der Waals surface area contributed by atoms with Crippen LogP contribution in [0.25, 0.3) is 0 Å². The summed E-state index contributed by atoms with van der Waals surface area (Å²) in [4.78, 5) is 22.2.